The smallest absolute Gasteiger partial charge is 0.663 e. The van der Waals surface area contributed by atoms with E-state index >= 15 is 0 Å². The molecular formula is C114H69N9Pt3. The zero-order chi connectivity index (χ0) is 81.5. The van der Waals surface area contributed by atoms with Crippen LogP contribution in [0.4, 0.5) is 0 Å². The summed E-state index contributed by atoms with van der Waals surface area (Å²) in [6.45, 7) is 0. The van der Waals surface area contributed by atoms with Crippen molar-refractivity contribution in [2.24, 2.45) is 0 Å². The first-order valence-corrected chi connectivity index (χ1v) is 41.1. The summed E-state index contributed by atoms with van der Waals surface area (Å²) >= 11 is 0. The third-order valence-corrected chi connectivity index (χ3v) is 23.1. The molecule has 0 aliphatic rings. The van der Waals surface area contributed by atoms with Gasteiger partial charge >= 0.3 is 63.2 Å². The van der Waals surface area contributed by atoms with Crippen LogP contribution in [0, 0.1) is 18.2 Å². The standard InChI is InChI=1S/3C38H23N3.3Pt/c1-2-12-28-24-40-35(21-26(28)10-1)30-19-27-11-4-5-13-31(27)29(20-30)22-37-33-15-7-8-16-34(33)38(41-37)23-36-32-14-6-3-9-25(32)17-18-39-36;1-2-12-30-24-40-34(22-28(30)11-1)29-13-7-8-25(20-29)21-37-38-32-15-6-4-9-26(32)16-17-33(38)36(41-37)23-35-31-14-5-3-10-27(31)18-19-39-35;1-2-12-30-24-40-34(22-28(30)11-1)29-13-7-8-25(20-29)21-36-33-17-16-26-9-4-6-15-32(26)38(33)37(41-36)23-35-31-14-5-3-10-27(31)18-19-39-35;;;/h3*1-19,21-24H;;;/q3*-2;3*+2. The molecule has 24 rings (SSSR count). The van der Waals surface area contributed by atoms with Crippen LogP contribution in [0.2, 0.25) is 0 Å². The van der Waals surface area contributed by atoms with Crippen LogP contribution in [-0.4, -0.2) is 29.9 Å². The van der Waals surface area contributed by atoms with Gasteiger partial charge in [0.15, 0.2) is 0 Å². The van der Waals surface area contributed by atoms with Crippen molar-refractivity contribution in [2.45, 2.75) is 0 Å². The normalized spacial score (nSPS) is 12.4. The van der Waals surface area contributed by atoms with E-state index in [4.69, 9.17) is 44.9 Å². The van der Waals surface area contributed by atoms with Crippen molar-refractivity contribution in [3.05, 3.63) is 467 Å². The fourth-order valence-electron chi connectivity index (χ4n) is 17.1. The molecule has 0 saturated heterocycles. The minimum absolute atomic E-state index is 0. The molecule has 600 valence electrons. The van der Waals surface area contributed by atoms with Gasteiger partial charge in [-0.3, -0.25) is 29.9 Å². The summed E-state index contributed by atoms with van der Waals surface area (Å²) in [5.41, 5.74) is 11.2. The van der Waals surface area contributed by atoms with Gasteiger partial charge in [-0.15, -0.1) is 112 Å². The van der Waals surface area contributed by atoms with Crippen molar-refractivity contribution in [3.63, 3.8) is 0 Å². The van der Waals surface area contributed by atoms with E-state index in [9.17, 15) is 0 Å². The van der Waals surface area contributed by atoms with E-state index in [1.54, 1.807) is 0 Å². The maximum Gasteiger partial charge on any atom is 2.00 e. The van der Waals surface area contributed by atoms with Gasteiger partial charge in [0.25, 0.3) is 0 Å². The van der Waals surface area contributed by atoms with Gasteiger partial charge in [0, 0.05) is 70.4 Å². The summed E-state index contributed by atoms with van der Waals surface area (Å²) in [5, 5.41) is 32.9. The second-order valence-corrected chi connectivity index (χ2v) is 30.7. The molecule has 0 atom stereocenters. The Morgan fingerprint density at radius 3 is 0.944 bits per heavy atom. The van der Waals surface area contributed by atoms with Gasteiger partial charge in [0.2, 0.25) is 0 Å². The molecule has 24 aromatic rings. The summed E-state index contributed by atoms with van der Waals surface area (Å²) in [4.78, 5) is 43.9. The largest absolute Gasteiger partial charge is 2.00 e. The van der Waals surface area contributed by atoms with Gasteiger partial charge in [-0.25, -0.2) is 0 Å². The van der Waals surface area contributed by atoms with Crippen LogP contribution < -0.4 is 47.0 Å². The summed E-state index contributed by atoms with van der Waals surface area (Å²) < 4.78 is 0. The summed E-state index contributed by atoms with van der Waals surface area (Å²) in [6, 6.07) is 130. The number of aromatic nitrogens is 9. The molecule has 9 nitrogen and oxygen atoms in total. The van der Waals surface area contributed by atoms with E-state index in [2.05, 4.69) is 364 Å². The number of benzene rings is 15. The van der Waals surface area contributed by atoms with Crippen molar-refractivity contribution < 1.29 is 63.2 Å². The van der Waals surface area contributed by atoms with Crippen LogP contribution in [0.3, 0.4) is 0 Å². The third kappa shape index (κ3) is 16.1. The first kappa shape index (κ1) is 81.1. The molecule has 0 aliphatic carbocycles. The van der Waals surface area contributed by atoms with Crippen LogP contribution in [0.25, 0.3) is 199 Å². The Balaban J connectivity index is 0.000000122. The van der Waals surface area contributed by atoms with Crippen molar-refractivity contribution in [3.8, 4) is 33.8 Å². The molecule has 0 amide bonds. The fraction of sp³-hybridized carbons (Fsp3) is 0. The molecule has 0 fully saturated rings. The maximum absolute atomic E-state index is 5.19. The summed E-state index contributed by atoms with van der Waals surface area (Å²) in [6.07, 6.45) is 24.1. The molecule has 126 heavy (non-hydrogen) atoms. The van der Waals surface area contributed by atoms with Crippen LogP contribution in [0.15, 0.2) is 383 Å². The Morgan fingerprint density at radius 2 is 0.508 bits per heavy atom. The molecule has 9 aromatic heterocycles. The number of hydrogen-bond donors (Lipinski definition) is 0. The zero-order valence-corrected chi connectivity index (χ0v) is 74.1. The topological polar surface area (TPSA) is 120 Å². The predicted octanol–water partition coefficient (Wildman–Crippen LogP) is 21.5. The quantitative estimate of drug-likeness (QED) is 0.130. The monoisotopic (exact) mass is 2150 g/mol. The van der Waals surface area contributed by atoms with Gasteiger partial charge in [-0.1, -0.05) is 313 Å². The molecule has 0 bridgehead atoms. The second kappa shape index (κ2) is 35.7. The van der Waals surface area contributed by atoms with E-state index in [1.807, 2.05) is 73.6 Å². The van der Waals surface area contributed by atoms with Gasteiger partial charge in [0.1, 0.15) is 0 Å². The number of pyridine rings is 6. The fourth-order valence-corrected chi connectivity index (χ4v) is 17.1. The summed E-state index contributed by atoms with van der Waals surface area (Å²) in [7, 11) is 0. The molecule has 0 saturated carbocycles. The van der Waals surface area contributed by atoms with E-state index in [0.717, 1.165) is 207 Å². The Kier molecular flexibility index (Phi) is 23.0. The second-order valence-electron chi connectivity index (χ2n) is 30.7. The number of hydrogen-bond acceptors (Lipinski definition) is 6. The van der Waals surface area contributed by atoms with E-state index in [-0.39, 0.29) is 63.2 Å². The average Bonchev–Trinajstić information content (AvgIpc) is 1.61. The van der Waals surface area contributed by atoms with Crippen LogP contribution >= 0.6 is 0 Å². The Morgan fingerprint density at radius 1 is 0.198 bits per heavy atom. The molecule has 0 spiro atoms. The van der Waals surface area contributed by atoms with Crippen LogP contribution in [-0.2, 0) is 63.2 Å². The molecule has 0 radical (unpaired) electrons. The number of nitrogens with zero attached hydrogens (tertiary/aromatic N) is 9. The first-order valence-electron chi connectivity index (χ1n) is 41.1. The number of rotatable bonds is 9. The van der Waals surface area contributed by atoms with Gasteiger partial charge in [0.05, 0.1) is 17.1 Å². The molecule has 0 unspecified atom stereocenters. The minimum atomic E-state index is 0. The Labute approximate surface area is 767 Å². The van der Waals surface area contributed by atoms with Crippen molar-refractivity contribution in [1.29, 1.82) is 0 Å². The third-order valence-electron chi connectivity index (χ3n) is 23.1. The maximum atomic E-state index is 5.19. The van der Waals surface area contributed by atoms with Crippen molar-refractivity contribution in [2.75, 3.05) is 0 Å². The summed E-state index contributed by atoms with van der Waals surface area (Å²) in [5.74, 6) is 0. The first-order chi connectivity index (χ1) is 60.9. The SMILES string of the molecule is [Pt+2].[Pt+2].[Pt+2].[c-]1c(-c2cc3ccccc3cn2)cc2ccccc2c1C=c1[n-]c(=Cc2nccc3ccccc23)c2ccccc12.[c-]1c(C=c2[n-]c(=Cc3nccc4ccccc34)c3c2ccc2ccccc23)cccc1-c1cc2ccccc2cn1.[c-]1c(C=c2[n-]c(=Cc3nccc4ccccc34)c3ccc4ccccc4c23)cccc1-c1cc2ccccc2cn1. The molecular weight excluding hydrogens is 2080 g/mol. The van der Waals surface area contributed by atoms with Crippen molar-refractivity contribution >= 4 is 166 Å². The van der Waals surface area contributed by atoms with Gasteiger partial charge < -0.3 is 15.0 Å². The molecule has 0 N–H and O–H groups in total. The molecule has 9 heterocycles. The number of fused-ring (bicyclic) bond motifs is 14. The van der Waals surface area contributed by atoms with Crippen LogP contribution in [0.5, 0.6) is 0 Å². The van der Waals surface area contributed by atoms with Crippen LogP contribution in [0.1, 0.15) is 33.8 Å². The van der Waals surface area contributed by atoms with Gasteiger partial charge in [-0.05, 0) is 139 Å². The predicted molar refractivity (Wildman–Crippen MR) is 507 cm³/mol. The van der Waals surface area contributed by atoms with E-state index in [1.165, 1.54) is 21.5 Å². The average molecular weight is 2150 g/mol. The Bertz CT molecular complexity index is 8760. The van der Waals surface area contributed by atoms with Gasteiger partial charge in [-0.2, -0.15) is 16.0 Å². The molecule has 0 aliphatic heterocycles. The van der Waals surface area contributed by atoms with E-state index in [0.29, 0.717) is 0 Å². The van der Waals surface area contributed by atoms with E-state index < -0.39 is 0 Å². The Hall–Kier alpha value is -14.6. The minimum Gasteiger partial charge on any atom is -0.663 e. The zero-order valence-electron chi connectivity index (χ0n) is 67.3. The van der Waals surface area contributed by atoms with Crippen molar-refractivity contribution in [1.82, 2.24) is 44.9 Å². The molecule has 12 heteroatoms. The molecule has 15 aromatic carbocycles.